The third-order valence-electron chi connectivity index (χ3n) is 12.1. The maximum absolute atomic E-state index is 7.22. The van der Waals surface area contributed by atoms with Crippen molar-refractivity contribution in [2.75, 3.05) is 0 Å². The van der Waals surface area contributed by atoms with E-state index < -0.39 is 0 Å². The van der Waals surface area contributed by atoms with Crippen LogP contribution >= 0.6 is 11.3 Å². The van der Waals surface area contributed by atoms with Gasteiger partial charge in [0.1, 0.15) is 47.1 Å². The van der Waals surface area contributed by atoms with Crippen LogP contribution in [-0.2, 0) is 0 Å². The zero-order valence-corrected chi connectivity index (χ0v) is 34.5. The molecule has 4 heterocycles. The smallest absolute Gasteiger partial charge is 0.161 e. The number of nitrogens with zero attached hydrogens (tertiary/aromatic N) is 4. The number of thiophene rings is 1. The van der Waals surface area contributed by atoms with E-state index in [-0.39, 0.29) is 0 Å². The molecule has 63 heavy (non-hydrogen) atoms. The van der Waals surface area contributed by atoms with E-state index in [1.807, 2.05) is 66.7 Å². The van der Waals surface area contributed by atoms with Gasteiger partial charge in [0.2, 0.25) is 0 Å². The quantitative estimate of drug-likeness (QED) is 0.180. The molecule has 278 valence electrons. The second kappa shape index (κ2) is 14.3. The van der Waals surface area contributed by atoms with Crippen molar-refractivity contribution in [2.45, 2.75) is 0 Å². The lowest BCUT2D eigenvalue weighted by atomic mass is 9.74. The highest BCUT2D eigenvalue weighted by Crippen LogP contribution is 2.45. The maximum Gasteiger partial charge on any atom is 0.161 e. The number of rotatable bonds is 5. The lowest BCUT2D eigenvalue weighted by Gasteiger charge is -2.16. The Kier molecular flexibility index (Phi) is 8.58. The van der Waals surface area contributed by atoms with E-state index in [0.717, 1.165) is 103 Å². The van der Waals surface area contributed by atoms with E-state index in [1.165, 1.54) is 0 Å². The summed E-state index contributed by atoms with van der Waals surface area (Å²) in [5.74, 6) is 0.636. The monoisotopic (exact) mass is 804 g/mol. The molecule has 0 saturated carbocycles. The largest absolute Gasteiger partial charge is 0.308 e. The van der Waals surface area contributed by atoms with Gasteiger partial charge >= 0.3 is 0 Å². The summed E-state index contributed by atoms with van der Waals surface area (Å²) < 4.78 is 6.51. The Labute approximate surface area is 375 Å². The molecule has 4 aromatic heterocycles. The summed E-state index contributed by atoms with van der Waals surface area (Å²) in [5, 5.41) is 5.14. The highest BCUT2D eigenvalue weighted by atomic mass is 32.1. The van der Waals surface area contributed by atoms with Gasteiger partial charge < -0.3 is 9.13 Å². The summed E-state index contributed by atoms with van der Waals surface area (Å²) in [6.45, 7) is 0. The van der Waals surface area contributed by atoms with E-state index in [2.05, 4.69) is 88.0 Å². The molecule has 12 rings (SSSR count). The van der Waals surface area contributed by atoms with Gasteiger partial charge in [0, 0.05) is 70.4 Å². The first kappa shape index (κ1) is 37.8. The second-order valence-corrected chi connectivity index (χ2v) is 17.0. The normalized spacial score (nSPS) is 11.9. The molecule has 0 aliphatic heterocycles. The summed E-state index contributed by atoms with van der Waals surface area (Å²) in [6.07, 6.45) is 0. The number of benzene rings is 8. The minimum Gasteiger partial charge on any atom is -0.308 e. The molecular weight excluding hydrogens is 778 g/mol. The zero-order chi connectivity index (χ0) is 42.7. The Morgan fingerprint density at radius 2 is 0.952 bits per heavy atom. The lowest BCUT2D eigenvalue weighted by Crippen LogP contribution is -2.27. The van der Waals surface area contributed by atoms with E-state index in [9.17, 15) is 0 Å². The third-order valence-corrected chi connectivity index (χ3v) is 13.3. The van der Waals surface area contributed by atoms with Gasteiger partial charge in [0.15, 0.2) is 5.82 Å². The Balaban J connectivity index is 1.23. The van der Waals surface area contributed by atoms with E-state index in [0.29, 0.717) is 38.6 Å². The average molecular weight is 804 g/mol. The predicted molar refractivity (Wildman–Crippen MR) is 272 cm³/mol. The summed E-state index contributed by atoms with van der Waals surface area (Å²) in [4.78, 5) is 10.5. The molecule has 0 aliphatic rings. The van der Waals surface area contributed by atoms with Gasteiger partial charge in [-0.1, -0.05) is 160 Å². The molecule has 0 atom stereocenters. The molecule has 0 amide bonds. The molecule has 0 aliphatic carbocycles. The first-order chi connectivity index (χ1) is 30.7. The highest BCUT2D eigenvalue weighted by Gasteiger charge is 2.27. The van der Waals surface area contributed by atoms with Crippen molar-refractivity contribution in [1.82, 2.24) is 19.1 Å². The van der Waals surface area contributed by atoms with Crippen LogP contribution in [0.5, 0.6) is 0 Å². The van der Waals surface area contributed by atoms with Crippen molar-refractivity contribution in [1.29, 1.82) is 0 Å². The van der Waals surface area contributed by atoms with Crippen molar-refractivity contribution < 1.29 is 0 Å². The molecule has 8 aromatic carbocycles. The second-order valence-electron chi connectivity index (χ2n) is 15.9. The lowest BCUT2D eigenvalue weighted by molar-refractivity contribution is 1.16. The minimum absolute atomic E-state index is 0.412. The van der Waals surface area contributed by atoms with Crippen LogP contribution in [0.1, 0.15) is 0 Å². The van der Waals surface area contributed by atoms with Crippen LogP contribution in [0.2, 0.25) is 0 Å². The third kappa shape index (κ3) is 5.69. The van der Waals surface area contributed by atoms with E-state index in [1.54, 1.807) is 23.5 Å². The van der Waals surface area contributed by atoms with Gasteiger partial charge in [0.05, 0.1) is 32.8 Å². The fourth-order valence-electron chi connectivity index (χ4n) is 9.56. The van der Waals surface area contributed by atoms with E-state index in [4.69, 9.17) is 57.0 Å². The van der Waals surface area contributed by atoms with Crippen molar-refractivity contribution in [3.05, 3.63) is 158 Å². The maximum atomic E-state index is 7.22. The van der Waals surface area contributed by atoms with Crippen molar-refractivity contribution >= 4 is 155 Å². The Morgan fingerprint density at radius 3 is 1.54 bits per heavy atom. The van der Waals surface area contributed by atoms with Gasteiger partial charge in [-0.3, -0.25) is 0 Å². The molecule has 0 fully saturated rings. The molecular formula is C52H26B6N4S. The molecule has 0 saturated heterocycles. The number of para-hydroxylation sites is 1. The summed E-state index contributed by atoms with van der Waals surface area (Å²) in [5.41, 5.74) is 12.4. The molecule has 0 N–H and O–H groups in total. The van der Waals surface area contributed by atoms with Gasteiger partial charge in [-0.25, -0.2) is 9.97 Å². The first-order valence-corrected chi connectivity index (χ1v) is 21.3. The van der Waals surface area contributed by atoms with Crippen LogP contribution in [0, 0.1) is 0 Å². The number of aromatic nitrogens is 4. The minimum atomic E-state index is 0.412. The van der Waals surface area contributed by atoms with Crippen LogP contribution in [0.25, 0.3) is 109 Å². The molecule has 12 aromatic rings. The van der Waals surface area contributed by atoms with Gasteiger partial charge in [-0.2, -0.15) is 0 Å². The van der Waals surface area contributed by atoms with Crippen molar-refractivity contribution in [2.24, 2.45) is 0 Å². The fourth-order valence-corrected chi connectivity index (χ4v) is 10.8. The number of fused-ring (bicyclic) bond motifs is 10. The summed E-state index contributed by atoms with van der Waals surface area (Å²) in [7, 11) is 41.5. The standard InChI is InChI=1S/C52H26B6N4S/c53-29-22-34-43-45(57)46(58)44-35-23-30(54)25-37(56)48(35)62(50(44)49(43)61(47(34)36(55)24-29)31-16-8-3-9-17-31)40-20-10-18-32-42-33(19-11-21-41(42)63-51(32)40)52-59-38(27-12-4-1-5-13-27)26-39(60-52)28-14-6-2-7-15-28/h1-26H. The number of hydrogen-bond donors (Lipinski definition) is 0. The Morgan fingerprint density at radius 1 is 0.429 bits per heavy atom. The average Bonchev–Trinajstić information content (AvgIpc) is 3.97. The summed E-state index contributed by atoms with van der Waals surface area (Å²) in [6, 6.07) is 52.8. The SMILES string of the molecule is [B]c1cc([B])c2c(c1)c1c([B])c([B])c3c4cc([B])cc([B])c4n(-c4cccc5c4sc4cccc(-c6nc(-c7ccccc7)cc(-c7ccccc7)n6)c45)c3c1n2-c1ccccc1. The first-order valence-electron chi connectivity index (χ1n) is 20.5. The van der Waals surface area contributed by atoms with Crippen LogP contribution in [-0.4, -0.2) is 66.2 Å². The van der Waals surface area contributed by atoms with Crippen LogP contribution in [0.4, 0.5) is 0 Å². The fraction of sp³-hybridized carbons (Fsp3) is 0. The van der Waals surface area contributed by atoms with Crippen molar-refractivity contribution in [3.8, 4) is 45.3 Å². The molecule has 0 unspecified atom stereocenters. The Bertz CT molecular complexity index is 3800. The van der Waals surface area contributed by atoms with Crippen LogP contribution in [0.3, 0.4) is 0 Å². The number of hydrogen-bond acceptors (Lipinski definition) is 3. The Hall–Kier alpha value is -6.95. The van der Waals surface area contributed by atoms with Gasteiger partial charge in [-0.05, 0) is 30.3 Å². The predicted octanol–water partition coefficient (Wildman–Crippen LogP) is 6.80. The molecule has 12 radical (unpaired) electrons. The van der Waals surface area contributed by atoms with Crippen LogP contribution in [0.15, 0.2) is 158 Å². The zero-order valence-electron chi connectivity index (χ0n) is 33.7. The highest BCUT2D eigenvalue weighted by molar-refractivity contribution is 7.26. The van der Waals surface area contributed by atoms with Gasteiger partial charge in [-0.15, -0.1) is 11.3 Å². The summed E-state index contributed by atoms with van der Waals surface area (Å²) >= 11 is 1.70. The molecule has 0 spiro atoms. The molecule has 4 nitrogen and oxygen atoms in total. The molecule has 0 bridgehead atoms. The van der Waals surface area contributed by atoms with E-state index >= 15 is 0 Å². The van der Waals surface area contributed by atoms with Crippen molar-refractivity contribution in [3.63, 3.8) is 0 Å². The molecule has 11 heteroatoms. The van der Waals surface area contributed by atoms with Gasteiger partial charge in [0.25, 0.3) is 0 Å². The topological polar surface area (TPSA) is 35.6 Å². The van der Waals surface area contributed by atoms with Crippen LogP contribution < -0.4 is 32.8 Å².